The smallest absolute Gasteiger partial charge is 0.308 e. The predicted molar refractivity (Wildman–Crippen MR) is 101 cm³/mol. The Balaban J connectivity index is 1.71. The fraction of sp³-hybridized carbons (Fsp3) is 0.550. The summed E-state index contributed by atoms with van der Waals surface area (Å²) < 4.78 is 4.74. The number of rotatable bonds is 8. The molecule has 2 amide bonds. The van der Waals surface area contributed by atoms with Crippen molar-refractivity contribution in [3.63, 3.8) is 0 Å². The van der Waals surface area contributed by atoms with Crippen LogP contribution < -0.4 is 10.6 Å². The highest BCUT2D eigenvalue weighted by Crippen LogP contribution is 2.29. The van der Waals surface area contributed by atoms with E-state index >= 15 is 0 Å². The lowest BCUT2D eigenvalue weighted by atomic mass is 9.82. The maximum Gasteiger partial charge on any atom is 0.308 e. The number of methoxy groups -OCH3 is 1. The van der Waals surface area contributed by atoms with E-state index < -0.39 is 24.0 Å². The third-order valence-electron chi connectivity index (χ3n) is 5.09. The van der Waals surface area contributed by atoms with Gasteiger partial charge in [-0.15, -0.1) is 0 Å². The van der Waals surface area contributed by atoms with E-state index in [0.29, 0.717) is 19.4 Å². The Labute approximate surface area is 164 Å². The fourth-order valence-corrected chi connectivity index (χ4v) is 3.29. The van der Waals surface area contributed by atoms with Crippen LogP contribution in [0.5, 0.6) is 0 Å². The lowest BCUT2D eigenvalue weighted by Gasteiger charge is -2.27. The van der Waals surface area contributed by atoms with Crippen molar-refractivity contribution >= 4 is 17.8 Å². The van der Waals surface area contributed by atoms with E-state index in [1.165, 1.54) is 7.11 Å². The van der Waals surface area contributed by atoms with Gasteiger partial charge in [0, 0.05) is 13.1 Å². The lowest BCUT2D eigenvalue weighted by Crippen LogP contribution is -2.50. The number of benzene rings is 1. The van der Waals surface area contributed by atoms with Crippen LogP contribution in [0.4, 0.5) is 0 Å². The van der Waals surface area contributed by atoms with Crippen LogP contribution in [-0.4, -0.2) is 53.9 Å². The molecule has 154 valence electrons. The summed E-state index contributed by atoms with van der Waals surface area (Å²) in [6.45, 7) is 0.511. The molecule has 0 aliphatic heterocycles. The molecule has 2 unspecified atom stereocenters. The highest BCUT2D eigenvalue weighted by Gasteiger charge is 2.31. The Hall–Kier alpha value is -2.45. The van der Waals surface area contributed by atoms with Gasteiger partial charge in [0.05, 0.1) is 13.0 Å². The van der Waals surface area contributed by atoms with Gasteiger partial charge in [-0.1, -0.05) is 30.3 Å². The Morgan fingerprint density at radius 3 is 2.14 bits per heavy atom. The summed E-state index contributed by atoms with van der Waals surface area (Å²) in [5, 5.41) is 24.9. The van der Waals surface area contributed by atoms with E-state index in [1.807, 2.05) is 30.3 Å². The molecule has 0 aromatic heterocycles. The van der Waals surface area contributed by atoms with Gasteiger partial charge in [-0.2, -0.15) is 0 Å². The first-order valence-electron chi connectivity index (χ1n) is 9.45. The maximum absolute atomic E-state index is 12.0. The molecule has 1 aromatic carbocycles. The van der Waals surface area contributed by atoms with Crippen LogP contribution in [0.25, 0.3) is 0 Å². The molecule has 0 heterocycles. The van der Waals surface area contributed by atoms with Crippen LogP contribution >= 0.6 is 0 Å². The molecule has 4 N–H and O–H groups in total. The summed E-state index contributed by atoms with van der Waals surface area (Å²) in [7, 11) is 1.37. The summed E-state index contributed by atoms with van der Waals surface area (Å²) in [6, 6.07) is 9.10. The molecule has 8 heteroatoms. The minimum Gasteiger partial charge on any atom is -0.469 e. The van der Waals surface area contributed by atoms with Crippen LogP contribution in [0, 0.1) is 11.8 Å². The summed E-state index contributed by atoms with van der Waals surface area (Å²) in [4.78, 5) is 35.5. The Bertz CT molecular complexity index is 658. The Kier molecular flexibility index (Phi) is 8.41. The second-order valence-electron chi connectivity index (χ2n) is 7.08. The van der Waals surface area contributed by atoms with E-state index in [9.17, 15) is 24.6 Å². The van der Waals surface area contributed by atoms with Crippen molar-refractivity contribution in [2.75, 3.05) is 13.7 Å². The molecular weight excluding hydrogens is 364 g/mol. The summed E-state index contributed by atoms with van der Waals surface area (Å²) in [6.07, 6.45) is -0.784. The zero-order valence-electron chi connectivity index (χ0n) is 16.0. The van der Waals surface area contributed by atoms with Gasteiger partial charge in [-0.05, 0) is 37.2 Å². The van der Waals surface area contributed by atoms with E-state index in [1.54, 1.807) is 0 Å². The maximum atomic E-state index is 12.0. The topological polar surface area (TPSA) is 125 Å². The zero-order chi connectivity index (χ0) is 20.5. The van der Waals surface area contributed by atoms with Crippen molar-refractivity contribution < 1.29 is 29.3 Å². The minimum atomic E-state index is -1.85. The van der Waals surface area contributed by atoms with Crippen molar-refractivity contribution in [3.8, 4) is 0 Å². The number of ether oxygens (including phenoxy) is 1. The molecule has 0 radical (unpaired) electrons. The summed E-state index contributed by atoms with van der Waals surface area (Å²) in [5.41, 5.74) is 0.838. The van der Waals surface area contributed by atoms with Crippen LogP contribution in [0.2, 0.25) is 0 Å². The normalized spacial score (nSPS) is 21.2. The molecule has 2 atom stereocenters. The highest BCUT2D eigenvalue weighted by molar-refractivity contribution is 5.90. The number of amides is 2. The molecule has 2 rings (SSSR count). The monoisotopic (exact) mass is 392 g/mol. The van der Waals surface area contributed by atoms with Crippen LogP contribution in [0.3, 0.4) is 0 Å². The Morgan fingerprint density at radius 2 is 1.57 bits per heavy atom. The molecule has 1 aliphatic rings. The molecule has 1 aromatic rings. The number of nitrogens with one attached hydrogen (secondary N) is 2. The molecular formula is C20H28N2O6. The number of carbonyl (C=O) groups excluding carboxylic acids is 3. The van der Waals surface area contributed by atoms with Gasteiger partial charge in [0.1, 0.15) is 0 Å². The predicted octanol–water partition coefficient (Wildman–Crippen LogP) is 0.120. The first-order chi connectivity index (χ1) is 13.4. The number of hydrogen-bond acceptors (Lipinski definition) is 6. The highest BCUT2D eigenvalue weighted by atomic mass is 16.5. The SMILES string of the molecule is COC(=O)C1CCC(CNC(=O)C(O)C(O)C(=O)NCc2ccccc2)CC1. The summed E-state index contributed by atoms with van der Waals surface area (Å²) >= 11 is 0. The van der Waals surface area contributed by atoms with Crippen molar-refractivity contribution in [3.05, 3.63) is 35.9 Å². The van der Waals surface area contributed by atoms with Gasteiger partial charge in [0.25, 0.3) is 11.8 Å². The van der Waals surface area contributed by atoms with Gasteiger partial charge in [-0.3, -0.25) is 14.4 Å². The van der Waals surface area contributed by atoms with Gasteiger partial charge in [0.2, 0.25) is 0 Å². The van der Waals surface area contributed by atoms with E-state index in [2.05, 4.69) is 10.6 Å². The van der Waals surface area contributed by atoms with Gasteiger partial charge < -0.3 is 25.6 Å². The molecule has 0 bridgehead atoms. The third-order valence-corrected chi connectivity index (χ3v) is 5.09. The van der Waals surface area contributed by atoms with Gasteiger partial charge >= 0.3 is 5.97 Å². The van der Waals surface area contributed by atoms with Crippen LogP contribution in [-0.2, 0) is 25.7 Å². The molecule has 0 spiro atoms. The second-order valence-corrected chi connectivity index (χ2v) is 7.08. The molecule has 1 fully saturated rings. The molecule has 8 nitrogen and oxygen atoms in total. The quantitative estimate of drug-likeness (QED) is 0.466. The largest absolute Gasteiger partial charge is 0.469 e. The van der Waals surface area contributed by atoms with Crippen molar-refractivity contribution in [1.82, 2.24) is 10.6 Å². The standard InChI is InChI=1S/C20H28N2O6/c1-28-20(27)15-9-7-14(8-10-15)12-22-19(26)17(24)16(23)18(25)21-11-13-5-3-2-4-6-13/h2-6,14-17,23-24H,7-12H2,1H3,(H,21,25)(H,22,26). The number of aliphatic hydroxyl groups excluding tert-OH is 2. The minimum absolute atomic E-state index is 0.0994. The van der Waals surface area contributed by atoms with Crippen molar-refractivity contribution in [1.29, 1.82) is 0 Å². The van der Waals surface area contributed by atoms with Gasteiger partial charge in [-0.25, -0.2) is 0 Å². The number of aliphatic hydroxyl groups is 2. The molecule has 1 saturated carbocycles. The van der Waals surface area contributed by atoms with Crippen molar-refractivity contribution in [2.45, 2.75) is 44.4 Å². The van der Waals surface area contributed by atoms with E-state index in [4.69, 9.17) is 4.74 Å². The average molecular weight is 392 g/mol. The molecule has 1 aliphatic carbocycles. The average Bonchev–Trinajstić information content (AvgIpc) is 2.75. The Morgan fingerprint density at radius 1 is 1.00 bits per heavy atom. The summed E-state index contributed by atoms with van der Waals surface area (Å²) in [5.74, 6) is -1.73. The number of esters is 1. The first kappa shape index (κ1) is 21.8. The van der Waals surface area contributed by atoms with Crippen LogP contribution in [0.15, 0.2) is 30.3 Å². The van der Waals surface area contributed by atoms with Gasteiger partial charge in [0.15, 0.2) is 12.2 Å². The fourth-order valence-electron chi connectivity index (χ4n) is 3.29. The number of carbonyl (C=O) groups is 3. The third kappa shape index (κ3) is 6.31. The van der Waals surface area contributed by atoms with Crippen molar-refractivity contribution in [2.24, 2.45) is 11.8 Å². The van der Waals surface area contributed by atoms with E-state index in [0.717, 1.165) is 18.4 Å². The molecule has 0 saturated heterocycles. The molecule has 28 heavy (non-hydrogen) atoms. The number of hydrogen-bond donors (Lipinski definition) is 4. The lowest BCUT2D eigenvalue weighted by molar-refractivity contribution is -0.147. The second kappa shape index (κ2) is 10.8. The van der Waals surface area contributed by atoms with E-state index in [-0.39, 0.29) is 24.3 Å². The van der Waals surface area contributed by atoms with Crippen LogP contribution in [0.1, 0.15) is 31.2 Å². The zero-order valence-corrected chi connectivity index (χ0v) is 16.0. The first-order valence-corrected chi connectivity index (χ1v) is 9.45.